The van der Waals surface area contributed by atoms with E-state index in [0.717, 1.165) is 49.1 Å². The van der Waals surface area contributed by atoms with Crippen LogP contribution < -0.4 is 4.74 Å². The highest BCUT2D eigenvalue weighted by atomic mass is 19.4. The first-order chi connectivity index (χ1) is 14.2. The summed E-state index contributed by atoms with van der Waals surface area (Å²) in [7, 11) is 0. The molecule has 2 saturated carbocycles. The molecule has 2 fully saturated rings. The van der Waals surface area contributed by atoms with Crippen molar-refractivity contribution in [2.24, 2.45) is 23.7 Å². The Morgan fingerprint density at radius 2 is 1.27 bits per heavy atom. The Morgan fingerprint density at radius 1 is 0.800 bits per heavy atom. The molecule has 0 amide bonds. The molecule has 6 heteroatoms. The minimum Gasteiger partial charge on any atom is -0.399 e. The second-order valence-corrected chi connectivity index (χ2v) is 9.33. The van der Waals surface area contributed by atoms with E-state index in [4.69, 9.17) is 0 Å². The van der Waals surface area contributed by atoms with Crippen LogP contribution in [-0.2, 0) is 6.42 Å². The van der Waals surface area contributed by atoms with Gasteiger partial charge < -0.3 is 4.74 Å². The van der Waals surface area contributed by atoms with Gasteiger partial charge in [-0.2, -0.15) is 0 Å². The maximum Gasteiger partial charge on any atom is 0.573 e. The van der Waals surface area contributed by atoms with Gasteiger partial charge in [-0.05, 0) is 79.9 Å². The van der Waals surface area contributed by atoms with E-state index in [-0.39, 0.29) is 0 Å². The summed E-state index contributed by atoms with van der Waals surface area (Å²) in [5, 5.41) is 0. The summed E-state index contributed by atoms with van der Waals surface area (Å²) in [6.45, 7) is 2.26. The number of halogens is 5. The molecule has 0 heterocycles. The largest absolute Gasteiger partial charge is 0.573 e. The van der Waals surface area contributed by atoms with Gasteiger partial charge in [0.15, 0.2) is 11.6 Å². The molecule has 0 radical (unpaired) electrons. The van der Waals surface area contributed by atoms with Crippen molar-refractivity contribution in [3.63, 3.8) is 0 Å². The van der Waals surface area contributed by atoms with Gasteiger partial charge >= 0.3 is 6.36 Å². The van der Waals surface area contributed by atoms with Crippen molar-refractivity contribution in [3.05, 3.63) is 29.3 Å². The molecule has 0 spiro atoms. The molecule has 3 rings (SSSR count). The van der Waals surface area contributed by atoms with Crippen LogP contribution in [0.25, 0.3) is 0 Å². The van der Waals surface area contributed by atoms with E-state index in [0.29, 0.717) is 17.9 Å². The first-order valence-electron chi connectivity index (χ1n) is 11.5. The monoisotopic (exact) mass is 432 g/mol. The van der Waals surface area contributed by atoms with E-state index < -0.39 is 23.7 Å². The molecule has 0 atom stereocenters. The molecule has 1 aromatic rings. The Kier molecular flexibility index (Phi) is 8.03. The normalized spacial score (nSPS) is 27.8. The Bertz CT molecular complexity index is 648. The zero-order valence-electron chi connectivity index (χ0n) is 17.7. The highest BCUT2D eigenvalue weighted by molar-refractivity contribution is 5.31. The third-order valence-electron chi connectivity index (χ3n) is 7.26. The second-order valence-electron chi connectivity index (χ2n) is 9.33. The number of alkyl halides is 3. The molecule has 0 aromatic heterocycles. The summed E-state index contributed by atoms with van der Waals surface area (Å²) >= 11 is 0. The van der Waals surface area contributed by atoms with E-state index in [1.54, 1.807) is 0 Å². The predicted octanol–water partition coefficient (Wildman–Crippen LogP) is 8.21. The van der Waals surface area contributed by atoms with Crippen molar-refractivity contribution in [2.75, 3.05) is 0 Å². The predicted molar refractivity (Wildman–Crippen MR) is 107 cm³/mol. The fourth-order valence-electron chi connectivity index (χ4n) is 5.65. The van der Waals surface area contributed by atoms with E-state index >= 15 is 0 Å². The highest BCUT2D eigenvalue weighted by Gasteiger charge is 2.34. The van der Waals surface area contributed by atoms with Crippen LogP contribution in [0.4, 0.5) is 22.0 Å². The fourth-order valence-corrected chi connectivity index (χ4v) is 5.65. The van der Waals surface area contributed by atoms with E-state index in [1.807, 2.05) is 0 Å². The van der Waals surface area contributed by atoms with Crippen LogP contribution in [0.2, 0.25) is 0 Å². The van der Waals surface area contributed by atoms with Gasteiger partial charge in [-0.15, -0.1) is 13.2 Å². The second kappa shape index (κ2) is 10.3. The van der Waals surface area contributed by atoms with Crippen molar-refractivity contribution in [2.45, 2.75) is 90.3 Å². The summed E-state index contributed by atoms with van der Waals surface area (Å²) < 4.78 is 68.0. The molecule has 2 aliphatic rings. The summed E-state index contributed by atoms with van der Waals surface area (Å²) in [4.78, 5) is 0. The molecular formula is C24H33F5O. The third kappa shape index (κ3) is 6.58. The smallest absolute Gasteiger partial charge is 0.399 e. The molecular weight excluding hydrogens is 399 g/mol. The topological polar surface area (TPSA) is 9.23 Å². The average Bonchev–Trinajstić information content (AvgIpc) is 2.70. The quantitative estimate of drug-likeness (QED) is 0.395. The Morgan fingerprint density at radius 3 is 1.70 bits per heavy atom. The SMILES string of the molecule is CCC[C@H]1CC[C@H]([C@H]2CC[C@H](CCc3cc(F)c(OC(F)(F)F)c(F)c3)CC2)CC1. The molecule has 0 aliphatic heterocycles. The van der Waals surface area contributed by atoms with Crippen LogP contribution in [0.15, 0.2) is 12.1 Å². The number of ether oxygens (including phenoxy) is 1. The van der Waals surface area contributed by atoms with Crippen molar-refractivity contribution < 1.29 is 26.7 Å². The minimum atomic E-state index is -5.11. The number of rotatable bonds is 7. The zero-order chi connectivity index (χ0) is 21.7. The van der Waals surface area contributed by atoms with Gasteiger partial charge in [0.2, 0.25) is 5.75 Å². The first-order valence-corrected chi connectivity index (χ1v) is 11.5. The van der Waals surface area contributed by atoms with Crippen molar-refractivity contribution in [1.82, 2.24) is 0 Å². The number of benzene rings is 1. The lowest BCUT2D eigenvalue weighted by molar-refractivity contribution is -0.276. The Labute approximate surface area is 176 Å². The van der Waals surface area contributed by atoms with Crippen LogP contribution in [0.3, 0.4) is 0 Å². The van der Waals surface area contributed by atoms with E-state index in [2.05, 4.69) is 11.7 Å². The lowest BCUT2D eigenvalue weighted by Gasteiger charge is -2.38. The van der Waals surface area contributed by atoms with Crippen molar-refractivity contribution >= 4 is 0 Å². The molecule has 0 saturated heterocycles. The summed E-state index contributed by atoms with van der Waals surface area (Å²) in [6.07, 6.45) is 9.05. The summed E-state index contributed by atoms with van der Waals surface area (Å²) in [5.41, 5.74) is 0.385. The number of hydrogen-bond acceptors (Lipinski definition) is 1. The lowest BCUT2D eigenvalue weighted by Crippen LogP contribution is -2.26. The molecule has 1 nitrogen and oxygen atoms in total. The van der Waals surface area contributed by atoms with Crippen molar-refractivity contribution in [1.29, 1.82) is 0 Å². The first kappa shape index (κ1) is 23.3. The number of hydrogen-bond donors (Lipinski definition) is 0. The maximum absolute atomic E-state index is 13.9. The lowest BCUT2D eigenvalue weighted by atomic mass is 9.68. The van der Waals surface area contributed by atoms with E-state index in [1.165, 1.54) is 51.4 Å². The molecule has 170 valence electrons. The van der Waals surface area contributed by atoms with Gasteiger partial charge in [0.1, 0.15) is 0 Å². The van der Waals surface area contributed by atoms with Gasteiger partial charge in [0, 0.05) is 0 Å². The molecule has 0 bridgehead atoms. The molecule has 1 aromatic carbocycles. The molecule has 0 unspecified atom stereocenters. The zero-order valence-corrected chi connectivity index (χ0v) is 17.7. The van der Waals surface area contributed by atoms with E-state index in [9.17, 15) is 22.0 Å². The summed E-state index contributed by atoms with van der Waals surface area (Å²) in [6, 6.07) is 1.93. The fraction of sp³-hybridized carbons (Fsp3) is 0.750. The average molecular weight is 433 g/mol. The standard InChI is InChI=1S/C24H33F5O/c1-2-3-16-6-10-19(11-7-16)20-12-8-17(9-13-20)4-5-18-14-21(25)23(22(26)15-18)30-24(27,28)29/h14-17,19-20H,2-13H2,1H3/t16-,17-,19-,20-. The van der Waals surface area contributed by atoms with Crippen LogP contribution in [0.1, 0.15) is 83.1 Å². The van der Waals surface area contributed by atoms with Crippen LogP contribution >= 0.6 is 0 Å². The van der Waals surface area contributed by atoms with Crippen molar-refractivity contribution in [3.8, 4) is 5.75 Å². The molecule has 2 aliphatic carbocycles. The van der Waals surface area contributed by atoms with Crippen LogP contribution in [-0.4, -0.2) is 6.36 Å². The molecule has 0 N–H and O–H groups in total. The van der Waals surface area contributed by atoms with Crippen LogP contribution in [0.5, 0.6) is 5.75 Å². The third-order valence-corrected chi connectivity index (χ3v) is 7.26. The van der Waals surface area contributed by atoms with Gasteiger partial charge in [0.25, 0.3) is 0 Å². The van der Waals surface area contributed by atoms with Gasteiger partial charge in [-0.25, -0.2) is 8.78 Å². The highest BCUT2D eigenvalue weighted by Crippen LogP contribution is 2.43. The van der Waals surface area contributed by atoms with Gasteiger partial charge in [0.05, 0.1) is 0 Å². The molecule has 30 heavy (non-hydrogen) atoms. The van der Waals surface area contributed by atoms with Gasteiger partial charge in [-0.3, -0.25) is 0 Å². The van der Waals surface area contributed by atoms with Crippen LogP contribution in [0, 0.1) is 35.3 Å². The van der Waals surface area contributed by atoms with Gasteiger partial charge in [-0.1, -0.05) is 45.4 Å². The Balaban J connectivity index is 1.44. The number of aryl methyl sites for hydroxylation is 1. The summed E-state index contributed by atoms with van der Waals surface area (Å²) in [5.74, 6) is -0.845. The maximum atomic E-state index is 13.9. The Hall–Kier alpha value is -1.33. The minimum absolute atomic E-state index is 0.385.